The quantitative estimate of drug-likeness (QED) is 0.741. The summed E-state index contributed by atoms with van der Waals surface area (Å²) in [5, 5.41) is 0. The predicted octanol–water partition coefficient (Wildman–Crippen LogP) is 1.08. The molecule has 2 fully saturated rings. The monoisotopic (exact) mass is 212 g/mol. The fourth-order valence-electron chi connectivity index (χ4n) is 3.53. The topological polar surface area (TPSA) is 38.5 Å². The molecule has 1 saturated carbocycles. The molecule has 1 aliphatic carbocycles. The molecule has 2 rings (SSSR count). The largest absolute Gasteiger partial charge is 0.384 e. The van der Waals surface area contributed by atoms with E-state index in [0.717, 1.165) is 25.5 Å². The molecule has 2 aliphatic rings. The third-order valence-electron chi connectivity index (χ3n) is 4.22. The van der Waals surface area contributed by atoms with Crippen molar-refractivity contribution in [1.29, 1.82) is 0 Å². The van der Waals surface area contributed by atoms with Gasteiger partial charge in [0.25, 0.3) is 0 Å². The highest BCUT2D eigenvalue weighted by molar-refractivity contribution is 5.00. The van der Waals surface area contributed by atoms with Gasteiger partial charge in [-0.1, -0.05) is 6.42 Å². The molecule has 0 bridgehead atoms. The Morgan fingerprint density at radius 2 is 2.40 bits per heavy atom. The van der Waals surface area contributed by atoms with Gasteiger partial charge in [-0.3, -0.25) is 0 Å². The van der Waals surface area contributed by atoms with E-state index in [1.807, 2.05) is 7.11 Å². The van der Waals surface area contributed by atoms with Gasteiger partial charge >= 0.3 is 0 Å². The van der Waals surface area contributed by atoms with Crippen LogP contribution in [-0.4, -0.2) is 44.8 Å². The van der Waals surface area contributed by atoms with E-state index < -0.39 is 0 Å². The number of nitrogens with two attached hydrogens (primary N) is 1. The van der Waals surface area contributed by atoms with Crippen LogP contribution in [0.25, 0.3) is 0 Å². The highest BCUT2D eigenvalue weighted by Gasteiger charge is 2.48. The SMILES string of the molecule is COC[C@]12CCC[C@H]1CN(CCCN)C2. The van der Waals surface area contributed by atoms with Crippen molar-refractivity contribution in [2.24, 2.45) is 17.1 Å². The summed E-state index contributed by atoms with van der Waals surface area (Å²) in [7, 11) is 1.84. The van der Waals surface area contributed by atoms with Crippen LogP contribution in [0.1, 0.15) is 25.7 Å². The minimum Gasteiger partial charge on any atom is -0.384 e. The van der Waals surface area contributed by atoms with Crippen molar-refractivity contribution in [2.75, 3.05) is 39.9 Å². The van der Waals surface area contributed by atoms with Crippen LogP contribution in [0.15, 0.2) is 0 Å². The second kappa shape index (κ2) is 4.81. The van der Waals surface area contributed by atoms with Crippen LogP contribution in [0.3, 0.4) is 0 Å². The average molecular weight is 212 g/mol. The van der Waals surface area contributed by atoms with E-state index in [1.54, 1.807) is 0 Å². The van der Waals surface area contributed by atoms with E-state index in [4.69, 9.17) is 10.5 Å². The van der Waals surface area contributed by atoms with Crippen molar-refractivity contribution in [3.63, 3.8) is 0 Å². The maximum atomic E-state index is 5.56. The Labute approximate surface area is 93.0 Å². The molecule has 0 aromatic rings. The minimum atomic E-state index is 0.489. The Bertz CT molecular complexity index is 210. The van der Waals surface area contributed by atoms with Gasteiger partial charge in [0.1, 0.15) is 0 Å². The number of methoxy groups -OCH3 is 1. The molecule has 88 valence electrons. The van der Waals surface area contributed by atoms with Gasteiger partial charge in [0.15, 0.2) is 0 Å². The summed E-state index contributed by atoms with van der Waals surface area (Å²) in [5.41, 5.74) is 6.05. The van der Waals surface area contributed by atoms with Crippen molar-refractivity contribution in [3.05, 3.63) is 0 Å². The molecule has 0 aromatic heterocycles. The molecule has 1 saturated heterocycles. The molecule has 1 aliphatic heterocycles. The summed E-state index contributed by atoms with van der Waals surface area (Å²) in [6, 6.07) is 0. The van der Waals surface area contributed by atoms with Gasteiger partial charge in [-0.2, -0.15) is 0 Å². The first-order valence-electron chi connectivity index (χ1n) is 6.22. The Morgan fingerprint density at radius 1 is 1.53 bits per heavy atom. The zero-order valence-electron chi connectivity index (χ0n) is 9.87. The molecular weight excluding hydrogens is 188 g/mol. The number of likely N-dealkylation sites (tertiary alicyclic amines) is 1. The molecule has 0 aromatic carbocycles. The summed E-state index contributed by atoms with van der Waals surface area (Å²) < 4.78 is 5.43. The molecule has 0 unspecified atom stereocenters. The fraction of sp³-hybridized carbons (Fsp3) is 1.00. The summed E-state index contributed by atoms with van der Waals surface area (Å²) in [6.07, 6.45) is 5.31. The van der Waals surface area contributed by atoms with Gasteiger partial charge in [-0.25, -0.2) is 0 Å². The molecule has 2 atom stereocenters. The number of fused-ring (bicyclic) bond motifs is 1. The molecule has 15 heavy (non-hydrogen) atoms. The molecule has 0 amide bonds. The van der Waals surface area contributed by atoms with E-state index in [0.29, 0.717) is 5.41 Å². The van der Waals surface area contributed by atoms with Crippen molar-refractivity contribution in [3.8, 4) is 0 Å². The van der Waals surface area contributed by atoms with E-state index in [1.165, 1.54) is 38.9 Å². The summed E-state index contributed by atoms with van der Waals surface area (Å²) in [6.45, 7) is 5.47. The van der Waals surface area contributed by atoms with Gasteiger partial charge in [0.05, 0.1) is 6.61 Å². The van der Waals surface area contributed by atoms with E-state index in [2.05, 4.69) is 4.90 Å². The Morgan fingerprint density at radius 3 is 3.13 bits per heavy atom. The number of rotatable bonds is 5. The number of nitrogens with zero attached hydrogens (tertiary/aromatic N) is 1. The highest BCUT2D eigenvalue weighted by atomic mass is 16.5. The summed E-state index contributed by atoms with van der Waals surface area (Å²) in [4.78, 5) is 2.59. The molecular formula is C12H24N2O. The van der Waals surface area contributed by atoms with Gasteiger partial charge < -0.3 is 15.4 Å². The Balaban J connectivity index is 1.92. The fourth-order valence-corrected chi connectivity index (χ4v) is 3.53. The first kappa shape index (κ1) is 11.4. The van der Waals surface area contributed by atoms with E-state index >= 15 is 0 Å². The van der Waals surface area contributed by atoms with Crippen LogP contribution in [0.4, 0.5) is 0 Å². The minimum absolute atomic E-state index is 0.489. The lowest BCUT2D eigenvalue weighted by atomic mass is 9.82. The third kappa shape index (κ3) is 2.19. The molecule has 3 heteroatoms. The molecule has 2 N–H and O–H groups in total. The normalized spacial score (nSPS) is 36.0. The number of hydrogen-bond acceptors (Lipinski definition) is 3. The highest BCUT2D eigenvalue weighted by Crippen LogP contribution is 2.48. The second-order valence-electron chi connectivity index (χ2n) is 5.26. The maximum absolute atomic E-state index is 5.56. The second-order valence-corrected chi connectivity index (χ2v) is 5.26. The van der Waals surface area contributed by atoms with Gasteiger partial charge in [-0.15, -0.1) is 0 Å². The lowest BCUT2D eigenvalue weighted by Gasteiger charge is -2.28. The van der Waals surface area contributed by atoms with Gasteiger partial charge in [-0.05, 0) is 38.3 Å². The summed E-state index contributed by atoms with van der Waals surface area (Å²) >= 11 is 0. The van der Waals surface area contributed by atoms with Crippen molar-refractivity contribution < 1.29 is 4.74 Å². The Hall–Kier alpha value is -0.120. The molecule has 0 radical (unpaired) electrons. The van der Waals surface area contributed by atoms with E-state index in [-0.39, 0.29) is 0 Å². The van der Waals surface area contributed by atoms with Crippen molar-refractivity contribution >= 4 is 0 Å². The Kier molecular flexibility index (Phi) is 3.65. The van der Waals surface area contributed by atoms with Crippen molar-refractivity contribution in [1.82, 2.24) is 4.90 Å². The molecule has 1 heterocycles. The van der Waals surface area contributed by atoms with Gasteiger partial charge in [0, 0.05) is 25.6 Å². The lowest BCUT2D eigenvalue weighted by Crippen LogP contribution is -2.32. The third-order valence-corrected chi connectivity index (χ3v) is 4.22. The first-order valence-corrected chi connectivity index (χ1v) is 6.22. The standard InChI is InChI=1S/C12H24N2O/c1-15-10-12-5-2-4-11(12)8-14(9-12)7-3-6-13/h11H,2-10,13H2,1H3/t11-,12+/m0/s1. The number of ether oxygens (including phenoxy) is 1. The van der Waals surface area contributed by atoms with Crippen LogP contribution in [0.2, 0.25) is 0 Å². The number of hydrogen-bond donors (Lipinski definition) is 1. The molecule has 3 nitrogen and oxygen atoms in total. The lowest BCUT2D eigenvalue weighted by molar-refractivity contribution is 0.0704. The van der Waals surface area contributed by atoms with Crippen LogP contribution in [0, 0.1) is 11.3 Å². The van der Waals surface area contributed by atoms with Crippen LogP contribution >= 0.6 is 0 Å². The summed E-state index contributed by atoms with van der Waals surface area (Å²) in [5.74, 6) is 0.884. The maximum Gasteiger partial charge on any atom is 0.0534 e. The van der Waals surface area contributed by atoms with Gasteiger partial charge in [0.2, 0.25) is 0 Å². The zero-order valence-corrected chi connectivity index (χ0v) is 9.87. The smallest absolute Gasteiger partial charge is 0.0534 e. The predicted molar refractivity (Wildman–Crippen MR) is 61.8 cm³/mol. The van der Waals surface area contributed by atoms with Crippen LogP contribution < -0.4 is 5.73 Å². The molecule has 0 spiro atoms. The zero-order chi connectivity index (χ0) is 10.7. The average Bonchev–Trinajstić information content (AvgIpc) is 2.71. The van der Waals surface area contributed by atoms with Crippen LogP contribution in [-0.2, 0) is 4.74 Å². The first-order chi connectivity index (χ1) is 7.30. The van der Waals surface area contributed by atoms with Crippen molar-refractivity contribution in [2.45, 2.75) is 25.7 Å². The van der Waals surface area contributed by atoms with Crippen LogP contribution in [0.5, 0.6) is 0 Å². The van der Waals surface area contributed by atoms with E-state index in [9.17, 15) is 0 Å².